The average Bonchev–Trinajstić information content (AvgIpc) is 3.25. The summed E-state index contributed by atoms with van der Waals surface area (Å²) in [6, 6.07) is 8.65. The molecule has 3 nitrogen and oxygen atoms in total. The zero-order valence-electron chi connectivity index (χ0n) is 16.1. The summed E-state index contributed by atoms with van der Waals surface area (Å²) >= 11 is 7.81. The maximum absolute atomic E-state index is 9.65. The number of rotatable bonds is 5. The molecule has 4 rings (SSSR count). The molecule has 1 aromatic carbocycles. The molecule has 0 bridgehead atoms. The van der Waals surface area contributed by atoms with E-state index in [1.807, 2.05) is 6.07 Å². The number of thiophene rings is 1. The first-order valence-electron chi connectivity index (χ1n) is 9.68. The Kier molecular flexibility index (Phi) is 5.10. The lowest BCUT2D eigenvalue weighted by Gasteiger charge is -2.36. The molecule has 0 saturated heterocycles. The van der Waals surface area contributed by atoms with Crippen molar-refractivity contribution in [1.29, 1.82) is 0 Å². The lowest BCUT2D eigenvalue weighted by Crippen LogP contribution is -2.36. The number of aliphatic hydroxyl groups excluding tert-OH is 1. The fraction of sp³-hybridized carbons (Fsp3) is 0.455. The summed E-state index contributed by atoms with van der Waals surface area (Å²) in [4.78, 5) is 4.91. The van der Waals surface area contributed by atoms with E-state index in [1.54, 1.807) is 11.3 Å². The Labute approximate surface area is 169 Å². The van der Waals surface area contributed by atoms with Crippen LogP contribution in [0.2, 0.25) is 4.34 Å². The third-order valence-electron chi connectivity index (χ3n) is 5.80. The van der Waals surface area contributed by atoms with Crippen molar-refractivity contribution in [3.05, 3.63) is 45.4 Å². The third kappa shape index (κ3) is 3.13. The summed E-state index contributed by atoms with van der Waals surface area (Å²) in [5.41, 5.74) is 5.84. The van der Waals surface area contributed by atoms with E-state index < -0.39 is 5.60 Å². The highest BCUT2D eigenvalue weighted by molar-refractivity contribution is 7.19. The highest BCUT2D eigenvalue weighted by Gasteiger charge is 2.38. The molecule has 27 heavy (non-hydrogen) atoms. The van der Waals surface area contributed by atoms with E-state index in [2.05, 4.69) is 44.0 Å². The summed E-state index contributed by atoms with van der Waals surface area (Å²) < 4.78 is 7.04. The van der Waals surface area contributed by atoms with Crippen molar-refractivity contribution >= 4 is 33.8 Å². The van der Waals surface area contributed by atoms with Crippen LogP contribution < -0.4 is 0 Å². The van der Waals surface area contributed by atoms with Crippen LogP contribution in [0.3, 0.4) is 0 Å². The summed E-state index contributed by atoms with van der Waals surface area (Å²) in [5.74, 6) is 0.401. The number of nitrogens with one attached hydrogen (secondary N) is 1. The second-order valence-corrected chi connectivity index (χ2v) is 9.36. The van der Waals surface area contributed by atoms with Crippen molar-refractivity contribution in [3.8, 4) is 10.4 Å². The molecular formula is C22H26ClNO2S. The van der Waals surface area contributed by atoms with Gasteiger partial charge in [0.2, 0.25) is 0 Å². The van der Waals surface area contributed by atoms with E-state index in [9.17, 15) is 5.11 Å². The second-order valence-electron chi connectivity index (χ2n) is 7.64. The number of fused-ring (bicyclic) bond motifs is 3. The van der Waals surface area contributed by atoms with Gasteiger partial charge in [0.05, 0.1) is 16.6 Å². The Bertz CT molecular complexity index is 974. The Morgan fingerprint density at radius 2 is 2.15 bits per heavy atom. The molecule has 1 unspecified atom stereocenters. The minimum absolute atomic E-state index is 0.124. The average molecular weight is 404 g/mol. The molecule has 3 aromatic rings. The molecular weight excluding hydrogens is 378 g/mol. The number of halogens is 1. The molecule has 144 valence electrons. The maximum atomic E-state index is 9.65. The number of hydrogen-bond donors (Lipinski definition) is 2. The molecule has 2 aromatic heterocycles. The van der Waals surface area contributed by atoms with E-state index in [0.29, 0.717) is 18.9 Å². The van der Waals surface area contributed by atoms with Crippen LogP contribution >= 0.6 is 22.9 Å². The number of ether oxygens (including phenoxy) is 1. The Morgan fingerprint density at radius 1 is 1.33 bits per heavy atom. The molecule has 0 fully saturated rings. The smallest absolute Gasteiger partial charge is 0.110 e. The zero-order valence-corrected chi connectivity index (χ0v) is 17.6. The van der Waals surface area contributed by atoms with E-state index in [-0.39, 0.29) is 6.61 Å². The van der Waals surface area contributed by atoms with Crippen LogP contribution in [0.1, 0.15) is 56.4 Å². The predicted molar refractivity (Wildman–Crippen MR) is 114 cm³/mol. The summed E-state index contributed by atoms with van der Waals surface area (Å²) in [6.45, 7) is 7.42. The van der Waals surface area contributed by atoms with Crippen LogP contribution in [-0.2, 0) is 16.8 Å². The fourth-order valence-electron chi connectivity index (χ4n) is 4.35. The lowest BCUT2D eigenvalue weighted by molar-refractivity contribution is -0.0795. The number of aromatic nitrogens is 1. The monoisotopic (exact) mass is 403 g/mol. The Morgan fingerprint density at radius 3 is 2.78 bits per heavy atom. The minimum atomic E-state index is -0.415. The molecule has 1 atom stereocenters. The van der Waals surface area contributed by atoms with Gasteiger partial charge < -0.3 is 14.8 Å². The van der Waals surface area contributed by atoms with Gasteiger partial charge in [0.15, 0.2) is 0 Å². The van der Waals surface area contributed by atoms with Gasteiger partial charge in [-0.1, -0.05) is 32.4 Å². The number of aliphatic hydroxyl groups is 1. The van der Waals surface area contributed by atoms with Crippen LogP contribution in [0.4, 0.5) is 0 Å². The van der Waals surface area contributed by atoms with Gasteiger partial charge in [0.1, 0.15) is 5.60 Å². The highest BCUT2D eigenvalue weighted by Crippen LogP contribution is 2.44. The molecule has 0 saturated carbocycles. The van der Waals surface area contributed by atoms with E-state index in [0.717, 1.165) is 22.9 Å². The lowest BCUT2D eigenvalue weighted by atomic mass is 9.86. The first kappa shape index (κ1) is 19.0. The number of H-pyrrole nitrogens is 1. The van der Waals surface area contributed by atoms with Crippen molar-refractivity contribution in [3.63, 3.8) is 0 Å². The number of hydrogen-bond acceptors (Lipinski definition) is 3. The first-order chi connectivity index (χ1) is 13.0. The SMILES string of the molecule is CCC1(CCO)OCCc2c1[nH]c1c(C(C)C)cc(-c3ccc(Cl)s3)cc21. The van der Waals surface area contributed by atoms with Gasteiger partial charge in [-0.2, -0.15) is 0 Å². The van der Waals surface area contributed by atoms with Gasteiger partial charge in [-0.3, -0.25) is 0 Å². The predicted octanol–water partition coefficient (Wildman–Crippen LogP) is 6.23. The van der Waals surface area contributed by atoms with Crippen molar-refractivity contribution in [1.82, 2.24) is 4.98 Å². The van der Waals surface area contributed by atoms with Crippen molar-refractivity contribution in [2.75, 3.05) is 13.2 Å². The van der Waals surface area contributed by atoms with Crippen molar-refractivity contribution in [2.24, 2.45) is 0 Å². The maximum Gasteiger partial charge on any atom is 0.110 e. The normalized spacial score (nSPS) is 19.8. The summed E-state index contributed by atoms with van der Waals surface area (Å²) in [7, 11) is 0. The molecule has 0 aliphatic carbocycles. The Hall–Kier alpha value is -1.33. The van der Waals surface area contributed by atoms with Gasteiger partial charge in [-0.25, -0.2) is 0 Å². The van der Waals surface area contributed by atoms with Crippen LogP contribution in [0.25, 0.3) is 21.3 Å². The van der Waals surface area contributed by atoms with Gasteiger partial charge in [-0.15, -0.1) is 11.3 Å². The zero-order chi connectivity index (χ0) is 19.2. The third-order valence-corrected chi connectivity index (χ3v) is 7.08. The second kappa shape index (κ2) is 7.25. The van der Waals surface area contributed by atoms with Crippen LogP contribution in [0.5, 0.6) is 0 Å². The van der Waals surface area contributed by atoms with Crippen molar-refractivity contribution in [2.45, 2.75) is 51.6 Å². The van der Waals surface area contributed by atoms with Crippen LogP contribution in [0.15, 0.2) is 24.3 Å². The molecule has 1 aliphatic rings. The molecule has 5 heteroatoms. The number of benzene rings is 1. The molecule has 0 radical (unpaired) electrons. The van der Waals surface area contributed by atoms with Crippen LogP contribution in [0, 0.1) is 0 Å². The highest BCUT2D eigenvalue weighted by atomic mass is 35.5. The summed E-state index contributed by atoms with van der Waals surface area (Å²) in [5, 5.41) is 10.9. The van der Waals surface area contributed by atoms with Gasteiger partial charge in [0, 0.05) is 28.8 Å². The molecule has 0 spiro atoms. The number of aromatic amines is 1. The standard InChI is InChI=1S/C22H26ClNO2S/c1-4-22(8-9-25)21-15(7-10-26-22)17-12-14(18-5-6-19(23)27-18)11-16(13(2)3)20(17)24-21/h5-6,11-13,24-25H,4,7-10H2,1-3H3. The van der Waals surface area contributed by atoms with Crippen molar-refractivity contribution < 1.29 is 9.84 Å². The molecule has 3 heterocycles. The van der Waals surface area contributed by atoms with Gasteiger partial charge in [-0.05, 0) is 59.7 Å². The van der Waals surface area contributed by atoms with Gasteiger partial charge in [0.25, 0.3) is 0 Å². The Balaban J connectivity index is 1.98. The van der Waals surface area contributed by atoms with E-state index in [4.69, 9.17) is 16.3 Å². The van der Waals surface area contributed by atoms with Crippen LogP contribution in [-0.4, -0.2) is 23.3 Å². The topological polar surface area (TPSA) is 45.2 Å². The summed E-state index contributed by atoms with van der Waals surface area (Å²) in [6.07, 6.45) is 2.36. The minimum Gasteiger partial charge on any atom is -0.396 e. The van der Waals surface area contributed by atoms with E-state index in [1.165, 1.54) is 32.5 Å². The molecule has 2 N–H and O–H groups in total. The quantitative estimate of drug-likeness (QED) is 0.530. The fourth-order valence-corrected chi connectivity index (χ4v) is 5.38. The molecule has 0 amide bonds. The van der Waals surface area contributed by atoms with Gasteiger partial charge >= 0.3 is 0 Å². The first-order valence-corrected chi connectivity index (χ1v) is 10.9. The largest absolute Gasteiger partial charge is 0.396 e. The van der Waals surface area contributed by atoms with E-state index >= 15 is 0 Å². The molecule has 1 aliphatic heterocycles.